The SMILES string of the molecule is Cc1cccc(-n2c(=S)[nH]c(=O)c3c(C(F)F)cc(-c4cccs4)nc32)c1C. The van der Waals surface area contributed by atoms with Gasteiger partial charge >= 0.3 is 0 Å². The van der Waals surface area contributed by atoms with Gasteiger partial charge in [0, 0.05) is 5.56 Å². The van der Waals surface area contributed by atoms with Crippen LogP contribution in [0.5, 0.6) is 0 Å². The highest BCUT2D eigenvalue weighted by atomic mass is 32.1. The van der Waals surface area contributed by atoms with Crippen LogP contribution in [0, 0.1) is 18.6 Å². The molecule has 8 heteroatoms. The Kier molecular flexibility index (Phi) is 4.68. The molecule has 1 aromatic carbocycles. The first kappa shape index (κ1) is 18.6. The molecule has 0 atom stereocenters. The van der Waals surface area contributed by atoms with E-state index in [0.717, 1.165) is 16.0 Å². The molecule has 0 saturated heterocycles. The first-order chi connectivity index (χ1) is 13.4. The summed E-state index contributed by atoms with van der Waals surface area (Å²) in [6, 6.07) is 10.5. The molecule has 0 saturated carbocycles. The fraction of sp³-hybridized carbons (Fsp3) is 0.150. The van der Waals surface area contributed by atoms with Crippen molar-refractivity contribution in [1.29, 1.82) is 0 Å². The third-order valence-corrected chi connectivity index (χ3v) is 5.90. The van der Waals surface area contributed by atoms with Crippen LogP contribution in [0.25, 0.3) is 27.3 Å². The summed E-state index contributed by atoms with van der Waals surface area (Å²) in [5, 5.41) is 1.70. The van der Waals surface area contributed by atoms with Crippen LogP contribution < -0.4 is 5.56 Å². The molecule has 4 nitrogen and oxygen atoms in total. The highest BCUT2D eigenvalue weighted by Gasteiger charge is 2.21. The van der Waals surface area contributed by atoms with Crippen molar-refractivity contribution in [2.24, 2.45) is 0 Å². The third-order valence-electron chi connectivity index (χ3n) is 4.72. The summed E-state index contributed by atoms with van der Waals surface area (Å²) in [5.74, 6) is 0. The smallest absolute Gasteiger partial charge is 0.264 e. The topological polar surface area (TPSA) is 50.7 Å². The molecule has 1 N–H and O–H groups in total. The summed E-state index contributed by atoms with van der Waals surface area (Å²) in [7, 11) is 0. The van der Waals surface area contributed by atoms with Crippen LogP contribution >= 0.6 is 23.6 Å². The second-order valence-corrected chi connectivity index (χ2v) is 7.72. The maximum absolute atomic E-state index is 13.9. The Balaban J connectivity index is 2.21. The van der Waals surface area contributed by atoms with E-state index in [9.17, 15) is 13.6 Å². The predicted molar refractivity (Wildman–Crippen MR) is 110 cm³/mol. The number of alkyl halides is 2. The number of benzene rings is 1. The number of fused-ring (bicyclic) bond motifs is 1. The normalized spacial score (nSPS) is 11.5. The highest BCUT2D eigenvalue weighted by Crippen LogP contribution is 2.32. The number of nitrogens with one attached hydrogen (secondary N) is 1. The van der Waals surface area contributed by atoms with Crippen molar-refractivity contribution in [3.63, 3.8) is 0 Å². The van der Waals surface area contributed by atoms with Crippen molar-refractivity contribution in [3.8, 4) is 16.3 Å². The number of thiophene rings is 1. The van der Waals surface area contributed by atoms with E-state index in [4.69, 9.17) is 12.2 Å². The van der Waals surface area contributed by atoms with Crippen molar-refractivity contribution in [1.82, 2.24) is 14.5 Å². The van der Waals surface area contributed by atoms with E-state index in [1.165, 1.54) is 17.4 Å². The Morgan fingerprint density at radius 3 is 2.68 bits per heavy atom. The number of nitrogens with zero attached hydrogens (tertiary/aromatic N) is 2. The van der Waals surface area contributed by atoms with E-state index in [0.29, 0.717) is 11.4 Å². The number of hydrogen-bond donors (Lipinski definition) is 1. The van der Waals surface area contributed by atoms with Gasteiger partial charge in [0.2, 0.25) is 0 Å². The van der Waals surface area contributed by atoms with Gasteiger partial charge in [-0.3, -0.25) is 14.3 Å². The van der Waals surface area contributed by atoms with Gasteiger partial charge in [-0.15, -0.1) is 11.3 Å². The maximum Gasteiger partial charge on any atom is 0.264 e. The Hall–Kier alpha value is -2.71. The molecular formula is C20H15F2N3OS2. The van der Waals surface area contributed by atoms with Gasteiger partial charge in [0.25, 0.3) is 12.0 Å². The van der Waals surface area contributed by atoms with E-state index < -0.39 is 12.0 Å². The number of aryl methyl sites for hydroxylation is 1. The predicted octanol–water partition coefficient (Wildman–Crippen LogP) is 5.73. The minimum absolute atomic E-state index is 0.113. The fourth-order valence-corrected chi connectivity index (χ4v) is 4.14. The van der Waals surface area contributed by atoms with Crippen molar-refractivity contribution in [2.45, 2.75) is 20.3 Å². The number of aromatic nitrogens is 3. The largest absolute Gasteiger partial charge is 0.298 e. The number of H-pyrrole nitrogens is 1. The number of halogens is 2. The van der Waals surface area contributed by atoms with E-state index in [2.05, 4.69) is 9.97 Å². The highest BCUT2D eigenvalue weighted by molar-refractivity contribution is 7.71. The monoisotopic (exact) mass is 415 g/mol. The zero-order valence-corrected chi connectivity index (χ0v) is 16.6. The van der Waals surface area contributed by atoms with Crippen LogP contribution in [0.3, 0.4) is 0 Å². The number of pyridine rings is 1. The van der Waals surface area contributed by atoms with Crippen LogP contribution in [0.15, 0.2) is 46.6 Å². The summed E-state index contributed by atoms with van der Waals surface area (Å²) in [5.41, 5.74) is 2.13. The van der Waals surface area contributed by atoms with Crippen LogP contribution in [-0.2, 0) is 0 Å². The maximum atomic E-state index is 13.9. The van der Waals surface area contributed by atoms with Crippen LogP contribution in [-0.4, -0.2) is 14.5 Å². The van der Waals surface area contributed by atoms with Gasteiger partial charge in [-0.25, -0.2) is 13.8 Å². The second-order valence-electron chi connectivity index (χ2n) is 6.39. The second kappa shape index (κ2) is 7.03. The molecule has 0 unspecified atom stereocenters. The Morgan fingerprint density at radius 2 is 2.00 bits per heavy atom. The van der Waals surface area contributed by atoms with Gasteiger partial charge in [-0.05, 0) is 60.8 Å². The molecular weight excluding hydrogens is 400 g/mol. The van der Waals surface area contributed by atoms with Gasteiger partial charge in [0.05, 0.1) is 21.6 Å². The Labute approximate surface area is 168 Å². The molecule has 0 aliphatic carbocycles. The first-order valence-electron chi connectivity index (χ1n) is 8.47. The molecule has 0 bridgehead atoms. The molecule has 0 amide bonds. The summed E-state index contributed by atoms with van der Waals surface area (Å²) in [6.07, 6.45) is -2.83. The summed E-state index contributed by atoms with van der Waals surface area (Å²) >= 11 is 6.78. The van der Waals surface area contributed by atoms with Crippen LogP contribution in [0.2, 0.25) is 0 Å². The van der Waals surface area contributed by atoms with Crippen molar-refractivity contribution in [2.75, 3.05) is 0 Å². The molecule has 28 heavy (non-hydrogen) atoms. The molecule has 0 radical (unpaired) electrons. The molecule has 4 aromatic rings. The van der Waals surface area contributed by atoms with E-state index in [1.54, 1.807) is 10.6 Å². The lowest BCUT2D eigenvalue weighted by Gasteiger charge is -2.16. The number of aromatic amines is 1. The van der Waals surface area contributed by atoms with E-state index >= 15 is 0 Å². The van der Waals surface area contributed by atoms with Gasteiger partial charge in [-0.2, -0.15) is 0 Å². The lowest BCUT2D eigenvalue weighted by atomic mass is 10.1. The zero-order valence-electron chi connectivity index (χ0n) is 15.0. The molecule has 3 aromatic heterocycles. The Bertz CT molecular complexity index is 1310. The van der Waals surface area contributed by atoms with Crippen molar-refractivity contribution >= 4 is 34.6 Å². The zero-order chi connectivity index (χ0) is 20.0. The third kappa shape index (κ3) is 2.98. The minimum Gasteiger partial charge on any atom is -0.298 e. The van der Waals surface area contributed by atoms with Gasteiger partial charge in [-0.1, -0.05) is 18.2 Å². The quantitative estimate of drug-likeness (QED) is 0.435. The molecule has 4 rings (SSSR count). The molecule has 0 fully saturated rings. The average Bonchev–Trinajstić information content (AvgIpc) is 3.18. The van der Waals surface area contributed by atoms with E-state index in [-0.39, 0.29) is 21.4 Å². The Morgan fingerprint density at radius 1 is 1.21 bits per heavy atom. The molecule has 0 aliphatic rings. The van der Waals surface area contributed by atoms with E-state index in [1.807, 2.05) is 43.5 Å². The van der Waals surface area contributed by atoms with Gasteiger partial charge in [0.15, 0.2) is 10.4 Å². The van der Waals surface area contributed by atoms with Crippen molar-refractivity contribution < 1.29 is 8.78 Å². The number of rotatable bonds is 3. The van der Waals surface area contributed by atoms with Crippen LogP contribution in [0.1, 0.15) is 23.1 Å². The minimum atomic E-state index is -2.83. The summed E-state index contributed by atoms with van der Waals surface area (Å²) < 4.78 is 29.4. The number of hydrogen-bond acceptors (Lipinski definition) is 4. The lowest BCUT2D eigenvalue weighted by Crippen LogP contribution is -2.17. The lowest BCUT2D eigenvalue weighted by molar-refractivity contribution is 0.153. The fourth-order valence-electron chi connectivity index (χ4n) is 3.18. The summed E-state index contributed by atoms with van der Waals surface area (Å²) in [6.45, 7) is 3.87. The van der Waals surface area contributed by atoms with Gasteiger partial charge in [0.1, 0.15) is 0 Å². The molecule has 0 aliphatic heterocycles. The van der Waals surface area contributed by atoms with Crippen LogP contribution in [0.4, 0.5) is 8.78 Å². The molecule has 0 spiro atoms. The molecule has 3 heterocycles. The first-order valence-corrected chi connectivity index (χ1v) is 9.76. The standard InChI is InChI=1S/C20H15F2N3OS2/c1-10-5-3-6-14(11(10)2)25-18-16(19(26)24-20(25)27)12(17(21)22)9-13(23-18)15-7-4-8-28-15/h3-9,17H,1-2H3,(H,24,26,27). The van der Waals surface area contributed by atoms with Gasteiger partial charge < -0.3 is 0 Å². The average molecular weight is 415 g/mol. The summed E-state index contributed by atoms with van der Waals surface area (Å²) in [4.78, 5) is 20.4. The molecule has 142 valence electrons. The van der Waals surface area contributed by atoms with Crippen molar-refractivity contribution in [3.05, 3.63) is 73.6 Å².